The van der Waals surface area contributed by atoms with Gasteiger partial charge < -0.3 is 9.84 Å². The molecule has 0 unspecified atom stereocenters. The summed E-state index contributed by atoms with van der Waals surface area (Å²) < 4.78 is 5.48. The van der Waals surface area contributed by atoms with Crippen LogP contribution in [-0.2, 0) is 11.4 Å². The van der Waals surface area contributed by atoms with Gasteiger partial charge >= 0.3 is 5.97 Å². The molecule has 0 aromatic carbocycles. The molecule has 112 valence electrons. The van der Waals surface area contributed by atoms with Crippen LogP contribution in [-0.4, -0.2) is 28.5 Å². The Morgan fingerprint density at radius 1 is 1.43 bits per heavy atom. The molecule has 0 saturated heterocycles. The van der Waals surface area contributed by atoms with E-state index in [0.717, 1.165) is 11.3 Å². The fourth-order valence-electron chi connectivity index (χ4n) is 1.70. The first-order valence-electron chi connectivity index (χ1n) is 6.19. The van der Waals surface area contributed by atoms with Crippen molar-refractivity contribution < 1.29 is 19.4 Å². The largest absolute Gasteiger partial charge is 0.485 e. The van der Waals surface area contributed by atoms with Crippen LogP contribution in [0.2, 0.25) is 0 Å². The van der Waals surface area contributed by atoms with Gasteiger partial charge in [-0.25, -0.2) is 9.78 Å². The number of aromatic carboxylic acids is 1. The second-order valence-electron chi connectivity index (χ2n) is 4.09. The van der Waals surface area contributed by atoms with Crippen LogP contribution in [0.25, 0.3) is 0 Å². The fraction of sp³-hybridized carbons (Fsp3) is 0.308. The lowest BCUT2D eigenvalue weighted by Gasteiger charge is -2.14. The number of nitrogens with zero attached hydrogens (tertiary/aromatic N) is 2. The Bertz CT molecular complexity index is 650. The summed E-state index contributed by atoms with van der Waals surface area (Å²) in [5, 5.41) is 13.1. The van der Waals surface area contributed by atoms with E-state index in [1.54, 1.807) is 21.7 Å². The maximum atomic E-state index is 11.4. The third kappa shape index (κ3) is 3.59. The number of carboxylic acids is 1. The summed E-state index contributed by atoms with van der Waals surface area (Å²) in [7, 11) is 0. The van der Waals surface area contributed by atoms with E-state index < -0.39 is 5.97 Å². The monoisotopic (exact) mass is 326 g/mol. The van der Waals surface area contributed by atoms with Crippen LogP contribution in [0.4, 0.5) is 5.13 Å². The molecule has 0 aliphatic heterocycles. The van der Waals surface area contributed by atoms with Gasteiger partial charge in [0.05, 0.1) is 5.69 Å². The minimum Gasteiger partial charge on any atom is -0.485 e. The summed E-state index contributed by atoms with van der Waals surface area (Å²) in [4.78, 5) is 28.5. The van der Waals surface area contributed by atoms with Crippen molar-refractivity contribution in [2.75, 3.05) is 11.4 Å². The highest BCUT2D eigenvalue weighted by atomic mass is 32.1. The van der Waals surface area contributed by atoms with Crippen molar-refractivity contribution in [1.82, 2.24) is 4.98 Å². The number of anilines is 1. The van der Waals surface area contributed by atoms with Crippen LogP contribution < -0.4 is 9.64 Å². The molecule has 6 nitrogen and oxygen atoms in total. The van der Waals surface area contributed by atoms with Gasteiger partial charge in [-0.05, 0) is 18.4 Å². The van der Waals surface area contributed by atoms with E-state index in [1.807, 2.05) is 6.92 Å². The SMILES string of the molecule is CCN(C(C)=O)c1nc(COc2ccsc2C(=O)O)cs1. The highest BCUT2D eigenvalue weighted by Gasteiger charge is 2.15. The summed E-state index contributed by atoms with van der Waals surface area (Å²) in [6.45, 7) is 4.09. The van der Waals surface area contributed by atoms with Crippen molar-refractivity contribution in [1.29, 1.82) is 0 Å². The Morgan fingerprint density at radius 2 is 2.19 bits per heavy atom. The molecule has 0 aliphatic carbocycles. The van der Waals surface area contributed by atoms with Gasteiger partial charge in [0.2, 0.25) is 5.91 Å². The average molecular weight is 326 g/mol. The molecule has 2 aromatic rings. The summed E-state index contributed by atoms with van der Waals surface area (Å²) >= 11 is 2.47. The second kappa shape index (κ2) is 6.68. The zero-order chi connectivity index (χ0) is 15.4. The van der Waals surface area contributed by atoms with Crippen LogP contribution in [0, 0.1) is 0 Å². The van der Waals surface area contributed by atoms with Crippen LogP contribution in [0.1, 0.15) is 29.2 Å². The fourth-order valence-corrected chi connectivity index (χ4v) is 3.29. The average Bonchev–Trinajstić information content (AvgIpc) is 3.05. The van der Waals surface area contributed by atoms with Gasteiger partial charge in [-0.3, -0.25) is 9.69 Å². The first kappa shape index (κ1) is 15.5. The van der Waals surface area contributed by atoms with Gasteiger partial charge in [-0.15, -0.1) is 22.7 Å². The molecule has 2 heterocycles. The zero-order valence-corrected chi connectivity index (χ0v) is 13.2. The molecule has 8 heteroatoms. The molecule has 0 aliphatic rings. The van der Waals surface area contributed by atoms with Crippen molar-refractivity contribution in [3.8, 4) is 5.75 Å². The maximum absolute atomic E-state index is 11.4. The van der Waals surface area contributed by atoms with Crippen molar-refractivity contribution in [3.05, 3.63) is 27.4 Å². The number of carbonyl (C=O) groups is 2. The molecule has 0 atom stereocenters. The Hall–Kier alpha value is -1.93. The number of carboxylic acid groups (broad SMARTS) is 1. The van der Waals surface area contributed by atoms with Gasteiger partial charge in [-0.2, -0.15) is 0 Å². The molecule has 0 bridgehead atoms. The summed E-state index contributed by atoms with van der Waals surface area (Å²) in [5.74, 6) is -0.737. The topological polar surface area (TPSA) is 79.7 Å². The predicted octanol–water partition coefficient (Wildman–Crippen LogP) is 2.85. The second-order valence-corrected chi connectivity index (χ2v) is 5.85. The molecule has 0 saturated carbocycles. The summed E-state index contributed by atoms with van der Waals surface area (Å²) in [6.07, 6.45) is 0. The number of ether oxygens (including phenoxy) is 1. The quantitative estimate of drug-likeness (QED) is 0.883. The van der Waals surface area contributed by atoms with Gasteiger partial charge in [0.25, 0.3) is 0 Å². The van der Waals surface area contributed by atoms with Crippen molar-refractivity contribution in [3.63, 3.8) is 0 Å². The van der Waals surface area contributed by atoms with Crippen molar-refractivity contribution >= 4 is 39.7 Å². The minimum atomic E-state index is -1.01. The van der Waals surface area contributed by atoms with Gasteiger partial charge in [0, 0.05) is 18.8 Å². The number of thiazole rings is 1. The number of hydrogen-bond donors (Lipinski definition) is 1. The standard InChI is InChI=1S/C13H14N2O4S2/c1-3-15(8(2)16)13-14-9(7-21-13)6-19-10-4-5-20-11(10)12(17)18/h4-5,7H,3,6H2,1-2H3,(H,17,18). The third-order valence-corrected chi connectivity index (χ3v) is 4.46. The van der Waals surface area contributed by atoms with Crippen LogP contribution in [0.3, 0.4) is 0 Å². The van der Waals surface area contributed by atoms with Crippen molar-refractivity contribution in [2.45, 2.75) is 20.5 Å². The molecular weight excluding hydrogens is 312 g/mol. The number of rotatable bonds is 6. The lowest BCUT2D eigenvalue weighted by Crippen LogP contribution is -2.27. The smallest absolute Gasteiger partial charge is 0.349 e. The number of amides is 1. The van der Waals surface area contributed by atoms with E-state index in [0.29, 0.717) is 23.1 Å². The van der Waals surface area contributed by atoms with Gasteiger partial charge in [-0.1, -0.05) is 0 Å². The predicted molar refractivity (Wildman–Crippen MR) is 81.4 cm³/mol. The first-order chi connectivity index (χ1) is 10.0. The molecule has 2 rings (SSSR count). The molecule has 1 N–H and O–H groups in total. The highest BCUT2D eigenvalue weighted by Crippen LogP contribution is 2.26. The lowest BCUT2D eigenvalue weighted by atomic mass is 10.4. The van der Waals surface area contributed by atoms with E-state index in [4.69, 9.17) is 9.84 Å². The number of carbonyl (C=O) groups excluding carboxylic acids is 1. The number of aromatic nitrogens is 1. The molecule has 21 heavy (non-hydrogen) atoms. The summed E-state index contributed by atoms with van der Waals surface area (Å²) in [5.41, 5.74) is 0.664. The number of thiophene rings is 1. The van der Waals surface area contributed by atoms with E-state index in [1.165, 1.54) is 18.3 Å². The van der Waals surface area contributed by atoms with Crippen LogP contribution >= 0.6 is 22.7 Å². The molecule has 1 amide bonds. The van der Waals surface area contributed by atoms with Gasteiger partial charge in [0.15, 0.2) is 10.0 Å². The third-order valence-electron chi connectivity index (χ3n) is 2.67. The van der Waals surface area contributed by atoms with E-state index in [2.05, 4.69) is 4.98 Å². The normalized spacial score (nSPS) is 10.4. The van der Waals surface area contributed by atoms with Crippen LogP contribution in [0.5, 0.6) is 5.75 Å². The van der Waals surface area contributed by atoms with Crippen molar-refractivity contribution in [2.24, 2.45) is 0 Å². The Balaban J connectivity index is 2.04. The number of hydrogen-bond acceptors (Lipinski definition) is 6. The van der Waals surface area contributed by atoms with E-state index >= 15 is 0 Å². The highest BCUT2D eigenvalue weighted by molar-refractivity contribution is 7.14. The van der Waals surface area contributed by atoms with E-state index in [9.17, 15) is 9.59 Å². The van der Waals surface area contributed by atoms with E-state index in [-0.39, 0.29) is 17.4 Å². The Labute approximate surface area is 129 Å². The zero-order valence-electron chi connectivity index (χ0n) is 11.5. The summed E-state index contributed by atoms with van der Waals surface area (Å²) in [6, 6.07) is 1.62. The maximum Gasteiger partial charge on any atom is 0.349 e. The first-order valence-corrected chi connectivity index (χ1v) is 7.95. The Morgan fingerprint density at radius 3 is 2.81 bits per heavy atom. The molecule has 0 radical (unpaired) electrons. The van der Waals surface area contributed by atoms with Crippen LogP contribution in [0.15, 0.2) is 16.8 Å². The molecular formula is C13H14N2O4S2. The van der Waals surface area contributed by atoms with Gasteiger partial charge in [0.1, 0.15) is 12.4 Å². The molecule has 0 spiro atoms. The minimum absolute atomic E-state index is 0.0645. The molecule has 0 fully saturated rings. The Kier molecular flexibility index (Phi) is 4.92. The lowest BCUT2D eigenvalue weighted by molar-refractivity contribution is -0.116. The molecule has 2 aromatic heterocycles.